The van der Waals surface area contributed by atoms with E-state index < -0.39 is 0 Å². The number of ketones is 1. The van der Waals surface area contributed by atoms with E-state index >= 15 is 0 Å². The molecular weight excluding hydrogens is 254 g/mol. The molecule has 1 saturated heterocycles. The minimum atomic E-state index is 0.0576. The molecule has 20 heavy (non-hydrogen) atoms. The summed E-state index contributed by atoms with van der Waals surface area (Å²) in [4.78, 5) is 23.8. The van der Waals surface area contributed by atoms with Gasteiger partial charge in [0.15, 0.2) is 5.78 Å². The summed E-state index contributed by atoms with van der Waals surface area (Å²) >= 11 is 0. The number of carbonyl (C=O) groups excluding carboxylic acids is 2. The van der Waals surface area contributed by atoms with Crippen LogP contribution in [-0.2, 0) is 16.0 Å². The number of hydrogen-bond acceptors (Lipinski definition) is 3. The van der Waals surface area contributed by atoms with Gasteiger partial charge in [0.1, 0.15) is 0 Å². The number of benzene rings is 1. The Morgan fingerprint density at radius 2 is 2.20 bits per heavy atom. The molecule has 0 radical (unpaired) electrons. The van der Waals surface area contributed by atoms with Crippen LogP contribution in [0.5, 0.6) is 0 Å². The highest BCUT2D eigenvalue weighted by atomic mass is 16.5. The molecule has 2 aliphatic rings. The van der Waals surface area contributed by atoms with Crippen molar-refractivity contribution in [3.05, 3.63) is 29.3 Å². The van der Waals surface area contributed by atoms with Gasteiger partial charge in [-0.25, -0.2) is 0 Å². The molecule has 1 amide bonds. The van der Waals surface area contributed by atoms with Crippen LogP contribution in [-0.4, -0.2) is 24.4 Å². The van der Waals surface area contributed by atoms with Gasteiger partial charge in [-0.1, -0.05) is 0 Å². The number of fused-ring (bicyclic) bond motifs is 1. The number of Topliss-reactive ketones (excluding diaryl/α,β-unsaturated/α-hetero) is 1. The molecule has 0 aliphatic carbocycles. The van der Waals surface area contributed by atoms with E-state index in [1.807, 2.05) is 18.2 Å². The van der Waals surface area contributed by atoms with Gasteiger partial charge in [-0.3, -0.25) is 9.59 Å². The van der Waals surface area contributed by atoms with Crippen molar-refractivity contribution in [1.29, 1.82) is 0 Å². The highest BCUT2D eigenvalue weighted by Crippen LogP contribution is 2.25. The number of carbonyl (C=O) groups is 2. The van der Waals surface area contributed by atoms with E-state index in [0.717, 1.165) is 49.1 Å². The Kier molecular flexibility index (Phi) is 3.83. The van der Waals surface area contributed by atoms with Crippen LogP contribution >= 0.6 is 0 Å². The maximum Gasteiger partial charge on any atom is 0.224 e. The first kappa shape index (κ1) is 13.3. The molecule has 4 nitrogen and oxygen atoms in total. The molecule has 2 aliphatic heterocycles. The van der Waals surface area contributed by atoms with Crippen molar-refractivity contribution in [1.82, 2.24) is 0 Å². The lowest BCUT2D eigenvalue weighted by Crippen LogP contribution is -2.13. The largest absolute Gasteiger partial charge is 0.378 e. The highest BCUT2D eigenvalue weighted by Gasteiger charge is 2.21. The molecule has 1 aromatic rings. The SMILES string of the molecule is O=C1CCCc2cc(C(=O)CC3CCCO3)ccc2N1. The Morgan fingerprint density at radius 1 is 1.30 bits per heavy atom. The first-order chi connectivity index (χ1) is 9.72. The average Bonchev–Trinajstić information content (AvgIpc) is 2.85. The van der Waals surface area contributed by atoms with E-state index in [1.54, 1.807) is 0 Å². The lowest BCUT2D eigenvalue weighted by atomic mass is 9.99. The van der Waals surface area contributed by atoms with Crippen molar-refractivity contribution < 1.29 is 14.3 Å². The van der Waals surface area contributed by atoms with E-state index in [-0.39, 0.29) is 17.8 Å². The predicted molar refractivity (Wildman–Crippen MR) is 75.9 cm³/mol. The van der Waals surface area contributed by atoms with Crippen LogP contribution in [0.15, 0.2) is 18.2 Å². The van der Waals surface area contributed by atoms with E-state index in [1.165, 1.54) is 0 Å². The summed E-state index contributed by atoms with van der Waals surface area (Å²) in [5.41, 5.74) is 2.64. The Labute approximate surface area is 118 Å². The van der Waals surface area contributed by atoms with Gasteiger partial charge in [0.05, 0.1) is 6.10 Å². The fraction of sp³-hybridized carbons (Fsp3) is 0.500. The Hall–Kier alpha value is -1.68. The summed E-state index contributed by atoms with van der Waals surface area (Å²) in [6.45, 7) is 0.772. The van der Waals surface area contributed by atoms with Gasteiger partial charge in [0.25, 0.3) is 0 Å². The van der Waals surface area contributed by atoms with Crippen molar-refractivity contribution >= 4 is 17.4 Å². The fourth-order valence-corrected chi connectivity index (χ4v) is 2.88. The number of nitrogens with one attached hydrogen (secondary N) is 1. The lowest BCUT2D eigenvalue weighted by molar-refractivity contribution is -0.116. The van der Waals surface area contributed by atoms with Crippen LogP contribution in [0.1, 0.15) is 48.0 Å². The minimum Gasteiger partial charge on any atom is -0.378 e. The zero-order valence-electron chi connectivity index (χ0n) is 11.5. The zero-order valence-corrected chi connectivity index (χ0v) is 11.5. The number of rotatable bonds is 3. The Morgan fingerprint density at radius 3 is 3.00 bits per heavy atom. The smallest absolute Gasteiger partial charge is 0.224 e. The van der Waals surface area contributed by atoms with Crippen molar-refractivity contribution in [3.63, 3.8) is 0 Å². The molecule has 0 spiro atoms. The maximum atomic E-state index is 12.3. The van der Waals surface area contributed by atoms with Crippen LogP contribution in [0.4, 0.5) is 5.69 Å². The van der Waals surface area contributed by atoms with E-state index in [4.69, 9.17) is 4.74 Å². The zero-order chi connectivity index (χ0) is 13.9. The van der Waals surface area contributed by atoms with Gasteiger partial charge in [0, 0.05) is 30.7 Å². The van der Waals surface area contributed by atoms with E-state index in [0.29, 0.717) is 12.8 Å². The molecule has 2 heterocycles. The van der Waals surface area contributed by atoms with Gasteiger partial charge in [-0.15, -0.1) is 0 Å². The van der Waals surface area contributed by atoms with Crippen molar-refractivity contribution in [2.45, 2.75) is 44.6 Å². The summed E-state index contributed by atoms with van der Waals surface area (Å²) in [5.74, 6) is 0.192. The lowest BCUT2D eigenvalue weighted by Gasteiger charge is -2.11. The fourth-order valence-electron chi connectivity index (χ4n) is 2.88. The Balaban J connectivity index is 1.75. The maximum absolute atomic E-state index is 12.3. The number of aryl methyl sites for hydroxylation is 1. The number of ether oxygens (including phenoxy) is 1. The molecule has 1 unspecified atom stereocenters. The molecular formula is C16H19NO3. The third kappa shape index (κ3) is 2.90. The van der Waals surface area contributed by atoms with Crippen LogP contribution in [0.3, 0.4) is 0 Å². The molecule has 106 valence electrons. The topological polar surface area (TPSA) is 55.4 Å². The molecule has 1 fully saturated rings. The van der Waals surface area contributed by atoms with E-state index in [2.05, 4.69) is 5.32 Å². The molecule has 3 rings (SSSR count). The third-order valence-electron chi connectivity index (χ3n) is 3.99. The van der Waals surface area contributed by atoms with Gasteiger partial charge in [0.2, 0.25) is 5.91 Å². The summed E-state index contributed by atoms with van der Waals surface area (Å²) in [7, 11) is 0. The number of anilines is 1. The van der Waals surface area contributed by atoms with Crippen LogP contribution in [0.25, 0.3) is 0 Å². The van der Waals surface area contributed by atoms with Gasteiger partial charge >= 0.3 is 0 Å². The monoisotopic (exact) mass is 273 g/mol. The van der Waals surface area contributed by atoms with Crippen molar-refractivity contribution in [2.24, 2.45) is 0 Å². The highest BCUT2D eigenvalue weighted by molar-refractivity contribution is 5.98. The summed E-state index contributed by atoms with van der Waals surface area (Å²) in [6.07, 6.45) is 4.80. The molecule has 0 bridgehead atoms. The van der Waals surface area contributed by atoms with Gasteiger partial charge < -0.3 is 10.1 Å². The molecule has 0 aromatic heterocycles. The van der Waals surface area contributed by atoms with E-state index in [9.17, 15) is 9.59 Å². The van der Waals surface area contributed by atoms with Crippen molar-refractivity contribution in [2.75, 3.05) is 11.9 Å². The first-order valence-corrected chi connectivity index (χ1v) is 7.30. The third-order valence-corrected chi connectivity index (χ3v) is 3.99. The predicted octanol–water partition coefficient (Wildman–Crippen LogP) is 2.71. The van der Waals surface area contributed by atoms with Gasteiger partial charge in [-0.2, -0.15) is 0 Å². The summed E-state index contributed by atoms with van der Waals surface area (Å²) in [5, 5.41) is 2.89. The summed E-state index contributed by atoms with van der Waals surface area (Å²) < 4.78 is 5.51. The molecule has 1 N–H and O–H groups in total. The second kappa shape index (κ2) is 5.75. The minimum absolute atomic E-state index is 0.0576. The normalized spacial score (nSPS) is 22.0. The van der Waals surface area contributed by atoms with Crippen LogP contribution in [0.2, 0.25) is 0 Å². The number of hydrogen-bond donors (Lipinski definition) is 1. The van der Waals surface area contributed by atoms with Crippen LogP contribution < -0.4 is 5.32 Å². The van der Waals surface area contributed by atoms with Crippen molar-refractivity contribution in [3.8, 4) is 0 Å². The van der Waals surface area contributed by atoms with Crippen LogP contribution in [0, 0.1) is 0 Å². The second-order valence-corrected chi connectivity index (χ2v) is 5.54. The number of amides is 1. The Bertz CT molecular complexity index is 533. The molecule has 4 heteroatoms. The standard InChI is InChI=1S/C16H19NO3/c18-15(10-13-4-2-8-20-13)12-6-7-14-11(9-12)3-1-5-16(19)17-14/h6-7,9,13H,1-5,8,10H2,(H,17,19). The average molecular weight is 273 g/mol. The second-order valence-electron chi connectivity index (χ2n) is 5.54. The molecule has 1 atom stereocenters. The molecule has 1 aromatic carbocycles. The van der Waals surface area contributed by atoms with Gasteiger partial charge in [-0.05, 0) is 49.4 Å². The molecule has 0 saturated carbocycles. The first-order valence-electron chi connectivity index (χ1n) is 7.30. The summed E-state index contributed by atoms with van der Waals surface area (Å²) in [6, 6.07) is 5.58. The quantitative estimate of drug-likeness (QED) is 0.861.